The van der Waals surface area contributed by atoms with E-state index in [0.29, 0.717) is 0 Å². The summed E-state index contributed by atoms with van der Waals surface area (Å²) in [4.78, 5) is 13.2. The number of carbonyl (C=O) groups is 1. The molecule has 118 valence electrons. The summed E-state index contributed by atoms with van der Waals surface area (Å²) in [6.45, 7) is 4.51. The summed E-state index contributed by atoms with van der Waals surface area (Å²) in [7, 11) is 0. The number of hydrogen-bond acceptors (Lipinski definition) is 3. The van der Waals surface area contributed by atoms with Crippen molar-refractivity contribution < 1.29 is 4.79 Å². The molecule has 0 spiro atoms. The normalized spacial score (nSPS) is 10.6. The highest BCUT2D eigenvalue weighted by molar-refractivity contribution is 9.11. The summed E-state index contributed by atoms with van der Waals surface area (Å²) in [5.74, 6) is 0.0106. The summed E-state index contributed by atoms with van der Waals surface area (Å²) in [5.41, 5.74) is 1.91. The number of rotatable bonds is 8. The minimum atomic E-state index is 0.0106. The zero-order chi connectivity index (χ0) is 15.8. The van der Waals surface area contributed by atoms with Crippen molar-refractivity contribution in [3.63, 3.8) is 0 Å². The monoisotopic (exact) mass is 380 g/mol. The summed E-state index contributed by atoms with van der Waals surface area (Å²) in [6.07, 6.45) is 2.11. The Labute approximate surface area is 144 Å². The van der Waals surface area contributed by atoms with Crippen LogP contribution in [0, 0.1) is 0 Å². The van der Waals surface area contributed by atoms with Crippen LogP contribution in [0.3, 0.4) is 0 Å². The molecule has 0 bridgehead atoms. The molecule has 0 fully saturated rings. The highest BCUT2D eigenvalue weighted by atomic mass is 79.9. The lowest BCUT2D eigenvalue weighted by atomic mass is 10.1. The Kier molecular flexibility index (Phi) is 7.09. The lowest BCUT2D eigenvalue weighted by Gasteiger charge is -2.06. The minimum absolute atomic E-state index is 0.0106. The molecule has 0 aliphatic heterocycles. The van der Waals surface area contributed by atoms with Crippen molar-refractivity contribution in [1.82, 2.24) is 10.6 Å². The number of carbonyl (C=O) groups excluding carboxylic acids is 1. The quantitative estimate of drug-likeness (QED) is 0.669. The first-order valence-electron chi connectivity index (χ1n) is 7.51. The number of thiophene rings is 1. The highest BCUT2D eigenvalue weighted by Gasteiger charge is 2.04. The first kappa shape index (κ1) is 17.2. The lowest BCUT2D eigenvalue weighted by molar-refractivity contribution is 0.0953. The van der Waals surface area contributed by atoms with Crippen LogP contribution in [0.15, 0.2) is 40.2 Å². The molecule has 2 rings (SSSR count). The van der Waals surface area contributed by atoms with Gasteiger partial charge >= 0.3 is 0 Å². The van der Waals surface area contributed by atoms with Gasteiger partial charge in [-0.3, -0.25) is 4.79 Å². The summed E-state index contributed by atoms with van der Waals surface area (Å²) in [5, 5.41) is 6.34. The zero-order valence-electron chi connectivity index (χ0n) is 12.7. The smallest absolute Gasteiger partial charge is 0.251 e. The van der Waals surface area contributed by atoms with E-state index in [4.69, 9.17) is 0 Å². The molecular formula is C17H21BrN2OS. The maximum atomic E-state index is 11.9. The van der Waals surface area contributed by atoms with Crippen molar-refractivity contribution in [2.45, 2.75) is 32.9 Å². The van der Waals surface area contributed by atoms with E-state index in [1.807, 2.05) is 24.3 Å². The van der Waals surface area contributed by atoms with Gasteiger partial charge in [-0.2, -0.15) is 0 Å². The fourth-order valence-corrected chi connectivity index (χ4v) is 3.48. The van der Waals surface area contributed by atoms with E-state index in [-0.39, 0.29) is 5.91 Å². The maximum Gasteiger partial charge on any atom is 0.251 e. The minimum Gasteiger partial charge on any atom is -0.352 e. The van der Waals surface area contributed by atoms with Crippen molar-refractivity contribution in [3.05, 3.63) is 56.2 Å². The maximum absolute atomic E-state index is 11.9. The van der Waals surface area contributed by atoms with Crippen LogP contribution in [-0.2, 0) is 13.1 Å². The number of unbranched alkanes of at least 4 members (excludes halogenated alkanes) is 1. The largest absolute Gasteiger partial charge is 0.352 e. The predicted octanol–water partition coefficient (Wildman–Crippen LogP) is 4.33. The van der Waals surface area contributed by atoms with Crippen LogP contribution < -0.4 is 10.6 Å². The zero-order valence-corrected chi connectivity index (χ0v) is 15.1. The Hall–Kier alpha value is -1.17. The first-order chi connectivity index (χ1) is 10.7. The molecular weight excluding hydrogens is 360 g/mol. The molecule has 5 heteroatoms. The van der Waals surface area contributed by atoms with Gasteiger partial charge in [0.2, 0.25) is 0 Å². The van der Waals surface area contributed by atoms with Crippen LogP contribution in [0.4, 0.5) is 0 Å². The van der Waals surface area contributed by atoms with Crippen molar-refractivity contribution in [2.24, 2.45) is 0 Å². The summed E-state index contributed by atoms with van der Waals surface area (Å²) in [6, 6.07) is 12.0. The van der Waals surface area contributed by atoms with Gasteiger partial charge in [-0.05, 0) is 52.2 Å². The Morgan fingerprint density at radius 3 is 2.55 bits per heavy atom. The second kappa shape index (κ2) is 9.08. The third kappa shape index (κ3) is 5.55. The third-order valence-corrected chi connectivity index (χ3v) is 4.91. The van der Waals surface area contributed by atoms with Crippen LogP contribution in [0.2, 0.25) is 0 Å². The van der Waals surface area contributed by atoms with Crippen molar-refractivity contribution in [1.29, 1.82) is 0 Å². The van der Waals surface area contributed by atoms with Crippen LogP contribution in [0.1, 0.15) is 40.6 Å². The van der Waals surface area contributed by atoms with E-state index in [9.17, 15) is 4.79 Å². The average Bonchev–Trinajstić information content (AvgIpc) is 2.93. The molecule has 0 aliphatic rings. The lowest BCUT2D eigenvalue weighted by Crippen LogP contribution is -2.24. The topological polar surface area (TPSA) is 41.1 Å². The highest BCUT2D eigenvalue weighted by Crippen LogP contribution is 2.21. The van der Waals surface area contributed by atoms with E-state index >= 15 is 0 Å². The summed E-state index contributed by atoms with van der Waals surface area (Å²) >= 11 is 5.21. The van der Waals surface area contributed by atoms with E-state index < -0.39 is 0 Å². The third-order valence-electron chi connectivity index (χ3n) is 3.29. The second-order valence-corrected chi connectivity index (χ2v) is 7.66. The van der Waals surface area contributed by atoms with Crippen LogP contribution in [0.5, 0.6) is 0 Å². The van der Waals surface area contributed by atoms with E-state index in [0.717, 1.165) is 41.8 Å². The van der Waals surface area contributed by atoms with Gasteiger partial charge in [-0.1, -0.05) is 25.5 Å². The number of hydrogen-bond donors (Lipinski definition) is 2. The van der Waals surface area contributed by atoms with Gasteiger partial charge in [0, 0.05) is 30.1 Å². The molecule has 0 saturated carbocycles. The van der Waals surface area contributed by atoms with Crippen molar-refractivity contribution in [3.8, 4) is 0 Å². The number of benzene rings is 1. The second-order valence-electron chi connectivity index (χ2n) is 5.12. The number of halogens is 1. The molecule has 0 aliphatic carbocycles. The number of nitrogens with one attached hydrogen (secondary N) is 2. The van der Waals surface area contributed by atoms with Crippen molar-refractivity contribution in [2.75, 3.05) is 6.54 Å². The van der Waals surface area contributed by atoms with Gasteiger partial charge in [0.25, 0.3) is 5.91 Å². The first-order valence-corrected chi connectivity index (χ1v) is 9.12. The molecule has 0 unspecified atom stereocenters. The molecule has 2 aromatic rings. The van der Waals surface area contributed by atoms with E-state index in [2.05, 4.69) is 45.6 Å². The Morgan fingerprint density at radius 1 is 1.14 bits per heavy atom. The molecule has 1 amide bonds. The van der Waals surface area contributed by atoms with Gasteiger partial charge in [0.1, 0.15) is 0 Å². The average molecular weight is 381 g/mol. The molecule has 22 heavy (non-hydrogen) atoms. The predicted molar refractivity (Wildman–Crippen MR) is 96.2 cm³/mol. The van der Waals surface area contributed by atoms with Gasteiger partial charge in [-0.25, -0.2) is 0 Å². The van der Waals surface area contributed by atoms with E-state index in [1.54, 1.807) is 11.3 Å². The molecule has 0 radical (unpaired) electrons. The van der Waals surface area contributed by atoms with Crippen LogP contribution in [-0.4, -0.2) is 12.5 Å². The molecule has 1 aromatic carbocycles. The van der Waals surface area contributed by atoms with Gasteiger partial charge in [0.15, 0.2) is 0 Å². The van der Waals surface area contributed by atoms with Crippen LogP contribution in [0.25, 0.3) is 0 Å². The molecule has 1 heterocycles. The Bertz CT molecular complexity index is 595. The summed E-state index contributed by atoms with van der Waals surface area (Å²) < 4.78 is 1.16. The van der Waals surface area contributed by atoms with Gasteiger partial charge in [0.05, 0.1) is 3.79 Å². The molecule has 2 N–H and O–H groups in total. The number of amides is 1. The molecule has 3 nitrogen and oxygen atoms in total. The molecule has 0 atom stereocenters. The Morgan fingerprint density at radius 2 is 1.91 bits per heavy atom. The fourth-order valence-electron chi connectivity index (χ4n) is 2.03. The van der Waals surface area contributed by atoms with Crippen LogP contribution >= 0.6 is 27.3 Å². The molecule has 1 aromatic heterocycles. The Balaban J connectivity index is 1.77. The van der Waals surface area contributed by atoms with E-state index in [1.165, 1.54) is 10.4 Å². The van der Waals surface area contributed by atoms with Gasteiger partial charge in [-0.15, -0.1) is 11.3 Å². The SMILES string of the molecule is CCCCNC(=O)c1ccc(CNCc2ccc(Br)s2)cc1. The standard InChI is InChI=1S/C17H21BrN2OS/c1-2-3-10-20-17(21)14-6-4-13(5-7-14)11-19-12-15-8-9-16(18)22-15/h4-9,19H,2-3,10-12H2,1H3,(H,20,21). The molecule has 0 saturated heterocycles. The fraction of sp³-hybridized carbons (Fsp3) is 0.353. The van der Waals surface area contributed by atoms with Gasteiger partial charge < -0.3 is 10.6 Å². The van der Waals surface area contributed by atoms with Crippen molar-refractivity contribution >= 4 is 33.2 Å².